The number of rotatable bonds is 5. The maximum absolute atomic E-state index is 12.6. The molecule has 3 rings (SSSR count). The lowest BCUT2D eigenvalue weighted by Gasteiger charge is -2.15. The first-order valence-electron chi connectivity index (χ1n) is 8.55. The highest BCUT2D eigenvalue weighted by Gasteiger charge is 2.20. The Morgan fingerprint density at radius 2 is 1.65 bits per heavy atom. The Balaban J connectivity index is 1.73. The number of hydrogen-bond donors (Lipinski definition) is 1. The van der Waals surface area contributed by atoms with Gasteiger partial charge >= 0.3 is 0 Å². The molecule has 1 aliphatic rings. The minimum absolute atomic E-state index is 0.0369. The average Bonchev–Trinajstić information content (AvgIpc) is 3.22. The van der Waals surface area contributed by atoms with Crippen LogP contribution in [0.25, 0.3) is 0 Å². The molecule has 2 aromatic carbocycles. The zero-order chi connectivity index (χ0) is 18.5. The lowest BCUT2D eigenvalue weighted by atomic mass is 10.1. The van der Waals surface area contributed by atoms with Gasteiger partial charge in [-0.05, 0) is 49.2 Å². The third kappa shape index (κ3) is 3.64. The predicted molar refractivity (Wildman–Crippen MR) is 99.1 cm³/mol. The fraction of sp³-hybridized carbons (Fsp3) is 0.300. The molecule has 1 aliphatic heterocycles. The second-order valence-electron chi connectivity index (χ2n) is 6.07. The number of nitrogens with one attached hydrogen (secondary N) is 1. The van der Waals surface area contributed by atoms with Crippen LogP contribution in [-0.2, 0) is 0 Å². The van der Waals surface area contributed by atoms with Gasteiger partial charge in [0.1, 0.15) is 0 Å². The van der Waals surface area contributed by atoms with E-state index in [0.29, 0.717) is 28.3 Å². The summed E-state index contributed by atoms with van der Waals surface area (Å²) < 4.78 is 10.5. The molecule has 6 heteroatoms. The van der Waals surface area contributed by atoms with Gasteiger partial charge in [0.2, 0.25) is 0 Å². The van der Waals surface area contributed by atoms with E-state index in [-0.39, 0.29) is 11.8 Å². The Bertz CT molecular complexity index is 796. The first-order chi connectivity index (χ1) is 12.6. The molecule has 136 valence electrons. The molecule has 1 N–H and O–H groups in total. The Hall–Kier alpha value is -3.02. The van der Waals surface area contributed by atoms with Crippen molar-refractivity contribution in [2.45, 2.75) is 12.8 Å². The van der Waals surface area contributed by atoms with Crippen molar-refractivity contribution in [3.8, 4) is 11.5 Å². The van der Waals surface area contributed by atoms with Crippen LogP contribution in [0.5, 0.6) is 11.5 Å². The van der Waals surface area contributed by atoms with Gasteiger partial charge in [-0.3, -0.25) is 9.59 Å². The third-order valence-corrected chi connectivity index (χ3v) is 4.43. The van der Waals surface area contributed by atoms with Gasteiger partial charge in [0, 0.05) is 24.3 Å². The molecule has 0 aliphatic carbocycles. The van der Waals surface area contributed by atoms with E-state index < -0.39 is 0 Å². The summed E-state index contributed by atoms with van der Waals surface area (Å²) in [5.74, 6) is 0.606. The van der Waals surface area contributed by atoms with Crippen LogP contribution in [0.1, 0.15) is 33.6 Å². The predicted octanol–water partition coefficient (Wildman–Crippen LogP) is 3.19. The molecule has 1 fully saturated rings. The Kier molecular flexibility index (Phi) is 5.41. The van der Waals surface area contributed by atoms with Crippen molar-refractivity contribution in [1.82, 2.24) is 4.90 Å². The quantitative estimate of drug-likeness (QED) is 0.895. The molecule has 0 atom stereocenters. The highest BCUT2D eigenvalue weighted by Crippen LogP contribution is 2.31. The highest BCUT2D eigenvalue weighted by atomic mass is 16.5. The number of methoxy groups -OCH3 is 2. The van der Waals surface area contributed by atoms with Crippen molar-refractivity contribution in [3.05, 3.63) is 53.6 Å². The molecule has 0 radical (unpaired) electrons. The number of nitrogens with zero attached hydrogens (tertiary/aromatic N) is 1. The summed E-state index contributed by atoms with van der Waals surface area (Å²) in [6.07, 6.45) is 2.12. The number of carbonyl (C=O) groups is 2. The first kappa shape index (κ1) is 17.8. The standard InChI is InChI=1S/C20H22N2O4/c1-25-17-7-5-6-16(18(17)26-2)19(23)21-15-10-8-14(9-11-15)20(24)22-12-3-4-13-22/h5-11H,3-4,12-13H2,1-2H3,(H,21,23). The fourth-order valence-electron chi connectivity index (χ4n) is 3.06. The molecule has 26 heavy (non-hydrogen) atoms. The molecule has 0 unspecified atom stereocenters. The number of ether oxygens (including phenoxy) is 2. The second-order valence-corrected chi connectivity index (χ2v) is 6.07. The lowest BCUT2D eigenvalue weighted by molar-refractivity contribution is 0.0792. The largest absolute Gasteiger partial charge is 0.493 e. The minimum Gasteiger partial charge on any atom is -0.493 e. The molecule has 0 spiro atoms. The normalized spacial score (nSPS) is 13.4. The van der Waals surface area contributed by atoms with Crippen LogP contribution in [0.4, 0.5) is 5.69 Å². The summed E-state index contributed by atoms with van der Waals surface area (Å²) >= 11 is 0. The van der Waals surface area contributed by atoms with Gasteiger partial charge in [0.25, 0.3) is 11.8 Å². The molecular weight excluding hydrogens is 332 g/mol. The van der Waals surface area contributed by atoms with Gasteiger partial charge < -0.3 is 19.7 Å². The number of para-hydroxylation sites is 1. The van der Waals surface area contributed by atoms with Gasteiger partial charge in [-0.25, -0.2) is 0 Å². The van der Waals surface area contributed by atoms with E-state index in [0.717, 1.165) is 25.9 Å². The summed E-state index contributed by atoms with van der Waals surface area (Å²) in [4.78, 5) is 26.8. The van der Waals surface area contributed by atoms with Crippen molar-refractivity contribution in [3.63, 3.8) is 0 Å². The summed E-state index contributed by atoms with van der Waals surface area (Å²) in [5.41, 5.74) is 1.62. The van der Waals surface area contributed by atoms with E-state index in [4.69, 9.17) is 9.47 Å². The molecular formula is C20H22N2O4. The Labute approximate surface area is 152 Å². The third-order valence-electron chi connectivity index (χ3n) is 4.43. The van der Waals surface area contributed by atoms with Gasteiger partial charge in [-0.1, -0.05) is 6.07 Å². The summed E-state index contributed by atoms with van der Waals surface area (Å²) in [6.45, 7) is 1.62. The van der Waals surface area contributed by atoms with E-state index in [1.54, 1.807) is 42.5 Å². The van der Waals surface area contributed by atoms with E-state index in [1.165, 1.54) is 14.2 Å². The average molecular weight is 354 g/mol. The molecule has 0 saturated carbocycles. The molecule has 0 aromatic heterocycles. The number of carbonyl (C=O) groups excluding carboxylic acids is 2. The van der Waals surface area contributed by atoms with Crippen LogP contribution in [-0.4, -0.2) is 44.0 Å². The van der Waals surface area contributed by atoms with Crippen LogP contribution in [0.3, 0.4) is 0 Å². The van der Waals surface area contributed by atoms with Crippen LogP contribution in [0, 0.1) is 0 Å². The number of likely N-dealkylation sites (tertiary alicyclic amines) is 1. The summed E-state index contributed by atoms with van der Waals surface area (Å²) in [5, 5.41) is 2.82. The second kappa shape index (κ2) is 7.91. The summed E-state index contributed by atoms with van der Waals surface area (Å²) in [7, 11) is 3.02. The van der Waals surface area contributed by atoms with Crippen molar-refractivity contribution >= 4 is 17.5 Å². The zero-order valence-corrected chi connectivity index (χ0v) is 15.0. The maximum atomic E-state index is 12.6. The van der Waals surface area contributed by atoms with E-state index >= 15 is 0 Å². The number of benzene rings is 2. The highest BCUT2D eigenvalue weighted by molar-refractivity contribution is 6.07. The van der Waals surface area contributed by atoms with Crippen LogP contribution in [0.2, 0.25) is 0 Å². The maximum Gasteiger partial charge on any atom is 0.259 e. The van der Waals surface area contributed by atoms with E-state index in [9.17, 15) is 9.59 Å². The van der Waals surface area contributed by atoms with E-state index in [1.807, 2.05) is 4.90 Å². The molecule has 2 amide bonds. The van der Waals surface area contributed by atoms with Crippen molar-refractivity contribution in [2.75, 3.05) is 32.6 Å². The van der Waals surface area contributed by atoms with Crippen molar-refractivity contribution in [2.24, 2.45) is 0 Å². The fourth-order valence-corrected chi connectivity index (χ4v) is 3.06. The number of hydrogen-bond acceptors (Lipinski definition) is 4. The van der Waals surface area contributed by atoms with Gasteiger partial charge in [-0.15, -0.1) is 0 Å². The zero-order valence-electron chi connectivity index (χ0n) is 15.0. The van der Waals surface area contributed by atoms with Crippen LogP contribution in [0.15, 0.2) is 42.5 Å². The molecule has 2 aromatic rings. The van der Waals surface area contributed by atoms with Crippen molar-refractivity contribution in [1.29, 1.82) is 0 Å². The monoisotopic (exact) mass is 354 g/mol. The van der Waals surface area contributed by atoms with E-state index in [2.05, 4.69) is 5.32 Å². The van der Waals surface area contributed by atoms with Crippen molar-refractivity contribution < 1.29 is 19.1 Å². The minimum atomic E-state index is -0.306. The number of anilines is 1. The number of amides is 2. The molecule has 6 nitrogen and oxygen atoms in total. The molecule has 0 bridgehead atoms. The first-order valence-corrected chi connectivity index (χ1v) is 8.55. The van der Waals surface area contributed by atoms with Gasteiger partial charge in [-0.2, -0.15) is 0 Å². The lowest BCUT2D eigenvalue weighted by Crippen LogP contribution is -2.27. The topological polar surface area (TPSA) is 67.9 Å². The Morgan fingerprint density at radius 1 is 0.962 bits per heavy atom. The van der Waals surface area contributed by atoms with Crippen LogP contribution < -0.4 is 14.8 Å². The summed E-state index contributed by atoms with van der Waals surface area (Å²) in [6, 6.07) is 12.1. The SMILES string of the molecule is COc1cccc(C(=O)Nc2ccc(C(=O)N3CCCC3)cc2)c1OC. The molecule has 1 heterocycles. The molecule has 1 saturated heterocycles. The smallest absolute Gasteiger partial charge is 0.259 e. The van der Waals surface area contributed by atoms with Gasteiger partial charge in [0.15, 0.2) is 11.5 Å². The Morgan fingerprint density at radius 3 is 2.27 bits per heavy atom. The van der Waals surface area contributed by atoms with Gasteiger partial charge in [0.05, 0.1) is 19.8 Å². The van der Waals surface area contributed by atoms with Crippen LogP contribution >= 0.6 is 0 Å².